The molecule has 1 atom stereocenters. The van der Waals surface area contributed by atoms with Gasteiger partial charge >= 0.3 is 5.97 Å². The number of hydrogen-bond acceptors (Lipinski definition) is 5. The van der Waals surface area contributed by atoms with Gasteiger partial charge in [-0.05, 0) is 19.4 Å². The first kappa shape index (κ1) is 13.8. The summed E-state index contributed by atoms with van der Waals surface area (Å²) >= 11 is 0. The monoisotopic (exact) mass is 218 g/mol. The highest BCUT2D eigenvalue weighted by Crippen LogP contribution is 2.10. The SMILES string of the molecule is C=C(O)OCC(CO)CCCC(=O)OC. The summed E-state index contributed by atoms with van der Waals surface area (Å²) in [6, 6.07) is 0. The lowest BCUT2D eigenvalue weighted by molar-refractivity contribution is -0.140. The van der Waals surface area contributed by atoms with Crippen molar-refractivity contribution in [1.82, 2.24) is 0 Å². The van der Waals surface area contributed by atoms with Crippen molar-refractivity contribution in [2.45, 2.75) is 19.3 Å². The second-order valence-corrected chi connectivity index (χ2v) is 3.22. The number of aliphatic hydroxyl groups is 2. The molecule has 0 bridgehead atoms. The molecule has 0 aliphatic carbocycles. The lowest BCUT2D eigenvalue weighted by Crippen LogP contribution is -2.14. The lowest BCUT2D eigenvalue weighted by atomic mass is 10.0. The van der Waals surface area contributed by atoms with Crippen LogP contribution in [0.15, 0.2) is 12.5 Å². The van der Waals surface area contributed by atoms with Gasteiger partial charge in [-0.25, -0.2) is 0 Å². The summed E-state index contributed by atoms with van der Waals surface area (Å²) in [6.07, 6.45) is 1.59. The van der Waals surface area contributed by atoms with Crippen molar-refractivity contribution in [2.75, 3.05) is 20.3 Å². The van der Waals surface area contributed by atoms with Crippen LogP contribution >= 0.6 is 0 Å². The molecule has 0 fully saturated rings. The third kappa shape index (κ3) is 7.81. The second-order valence-electron chi connectivity index (χ2n) is 3.22. The van der Waals surface area contributed by atoms with E-state index in [2.05, 4.69) is 11.3 Å². The summed E-state index contributed by atoms with van der Waals surface area (Å²) in [5.41, 5.74) is 0. The van der Waals surface area contributed by atoms with Crippen molar-refractivity contribution in [3.63, 3.8) is 0 Å². The number of methoxy groups -OCH3 is 1. The highest BCUT2D eigenvalue weighted by Gasteiger charge is 2.10. The fourth-order valence-electron chi connectivity index (χ4n) is 1.08. The van der Waals surface area contributed by atoms with Crippen LogP contribution in [0.25, 0.3) is 0 Å². The van der Waals surface area contributed by atoms with E-state index in [4.69, 9.17) is 14.9 Å². The average molecular weight is 218 g/mol. The minimum absolute atomic E-state index is 0.0472. The van der Waals surface area contributed by atoms with E-state index in [0.717, 1.165) is 0 Å². The molecule has 0 aliphatic rings. The predicted molar refractivity (Wildman–Crippen MR) is 54.2 cm³/mol. The molecule has 0 spiro atoms. The molecule has 5 heteroatoms. The molecule has 0 amide bonds. The summed E-state index contributed by atoms with van der Waals surface area (Å²) in [4.78, 5) is 10.8. The minimum atomic E-state index is -0.360. The van der Waals surface area contributed by atoms with Crippen LogP contribution in [0.5, 0.6) is 0 Å². The van der Waals surface area contributed by atoms with Gasteiger partial charge in [-0.1, -0.05) is 0 Å². The molecule has 0 heterocycles. The largest absolute Gasteiger partial charge is 0.481 e. The van der Waals surface area contributed by atoms with E-state index in [1.807, 2.05) is 0 Å². The third-order valence-corrected chi connectivity index (χ3v) is 1.96. The van der Waals surface area contributed by atoms with E-state index in [-0.39, 0.29) is 31.0 Å². The Kier molecular flexibility index (Phi) is 7.44. The van der Waals surface area contributed by atoms with Gasteiger partial charge in [0.25, 0.3) is 5.95 Å². The van der Waals surface area contributed by atoms with Crippen LogP contribution in [-0.4, -0.2) is 36.5 Å². The quantitative estimate of drug-likeness (QED) is 0.469. The molecule has 0 saturated heterocycles. The second kappa shape index (κ2) is 8.11. The van der Waals surface area contributed by atoms with Gasteiger partial charge in [0.2, 0.25) is 0 Å². The summed E-state index contributed by atoms with van der Waals surface area (Å²) in [5.74, 6) is -0.723. The Morgan fingerprint density at radius 2 is 2.20 bits per heavy atom. The zero-order valence-corrected chi connectivity index (χ0v) is 8.94. The maximum Gasteiger partial charge on any atom is 0.305 e. The number of aliphatic hydroxyl groups excluding tert-OH is 2. The number of hydrogen-bond donors (Lipinski definition) is 2. The van der Waals surface area contributed by atoms with Gasteiger partial charge in [-0.2, -0.15) is 0 Å². The zero-order valence-electron chi connectivity index (χ0n) is 8.94. The Morgan fingerprint density at radius 1 is 1.53 bits per heavy atom. The predicted octanol–water partition coefficient (Wildman–Crippen LogP) is 0.984. The van der Waals surface area contributed by atoms with Gasteiger partial charge in [0.15, 0.2) is 0 Å². The van der Waals surface area contributed by atoms with Crippen LogP contribution < -0.4 is 0 Å². The van der Waals surface area contributed by atoms with Gasteiger partial charge in [0.1, 0.15) is 0 Å². The van der Waals surface area contributed by atoms with Gasteiger partial charge in [-0.3, -0.25) is 4.79 Å². The Morgan fingerprint density at radius 3 is 2.67 bits per heavy atom. The van der Waals surface area contributed by atoms with Crippen molar-refractivity contribution < 1.29 is 24.5 Å². The molecule has 0 rings (SSSR count). The number of rotatable bonds is 8. The Bertz CT molecular complexity index is 202. The fourth-order valence-corrected chi connectivity index (χ4v) is 1.08. The molecule has 0 aromatic heterocycles. The molecule has 15 heavy (non-hydrogen) atoms. The fraction of sp³-hybridized carbons (Fsp3) is 0.700. The van der Waals surface area contributed by atoms with Crippen molar-refractivity contribution in [2.24, 2.45) is 5.92 Å². The minimum Gasteiger partial charge on any atom is -0.481 e. The molecule has 0 radical (unpaired) electrons. The number of esters is 1. The molecule has 2 N–H and O–H groups in total. The normalized spacial score (nSPS) is 11.9. The summed E-state index contributed by atoms with van der Waals surface area (Å²) in [5, 5.41) is 17.6. The maximum atomic E-state index is 10.8. The molecule has 0 aliphatic heterocycles. The molecule has 0 saturated carbocycles. The highest BCUT2D eigenvalue weighted by molar-refractivity contribution is 5.68. The van der Waals surface area contributed by atoms with Crippen molar-refractivity contribution in [3.05, 3.63) is 12.5 Å². The average Bonchev–Trinajstić information content (AvgIpc) is 2.22. The maximum absolute atomic E-state index is 10.8. The summed E-state index contributed by atoms with van der Waals surface area (Å²) in [6.45, 7) is 3.31. The lowest BCUT2D eigenvalue weighted by Gasteiger charge is -2.13. The van der Waals surface area contributed by atoms with Crippen LogP contribution in [0.4, 0.5) is 0 Å². The van der Waals surface area contributed by atoms with Crippen LogP contribution in [0.2, 0.25) is 0 Å². The van der Waals surface area contributed by atoms with E-state index in [0.29, 0.717) is 19.3 Å². The molecule has 1 unspecified atom stereocenters. The van der Waals surface area contributed by atoms with Crippen LogP contribution in [0, 0.1) is 5.92 Å². The molecule has 5 nitrogen and oxygen atoms in total. The molecule has 0 aromatic carbocycles. The van der Waals surface area contributed by atoms with Crippen molar-refractivity contribution in [1.29, 1.82) is 0 Å². The van der Waals surface area contributed by atoms with Gasteiger partial charge in [0, 0.05) is 18.9 Å². The summed E-state index contributed by atoms with van der Waals surface area (Å²) in [7, 11) is 1.34. The topological polar surface area (TPSA) is 76.0 Å². The van der Waals surface area contributed by atoms with E-state index in [1.165, 1.54) is 7.11 Å². The van der Waals surface area contributed by atoms with Gasteiger partial charge in [-0.15, -0.1) is 0 Å². The standard InChI is InChI=1S/C10H18O5/c1-8(12)15-7-9(6-11)4-3-5-10(13)14-2/h9,11-12H,1,3-7H2,2H3. The third-order valence-electron chi connectivity index (χ3n) is 1.96. The van der Waals surface area contributed by atoms with E-state index in [9.17, 15) is 4.79 Å². The first-order chi connectivity index (χ1) is 7.10. The van der Waals surface area contributed by atoms with Crippen LogP contribution in [0.3, 0.4) is 0 Å². The number of carbonyl (C=O) groups is 1. The van der Waals surface area contributed by atoms with Crippen molar-refractivity contribution in [3.8, 4) is 0 Å². The van der Waals surface area contributed by atoms with Crippen molar-refractivity contribution >= 4 is 5.97 Å². The Labute approximate surface area is 89.3 Å². The Balaban J connectivity index is 3.61. The number of carbonyl (C=O) groups excluding carboxylic acids is 1. The molecule has 0 aromatic rings. The first-order valence-electron chi connectivity index (χ1n) is 4.78. The van der Waals surface area contributed by atoms with Gasteiger partial charge in [0.05, 0.1) is 13.7 Å². The van der Waals surface area contributed by atoms with Crippen LogP contribution in [-0.2, 0) is 14.3 Å². The molecular weight excluding hydrogens is 200 g/mol. The van der Waals surface area contributed by atoms with E-state index < -0.39 is 0 Å². The summed E-state index contributed by atoms with van der Waals surface area (Å²) < 4.78 is 9.24. The van der Waals surface area contributed by atoms with Gasteiger partial charge < -0.3 is 19.7 Å². The first-order valence-corrected chi connectivity index (χ1v) is 4.78. The molecule has 88 valence electrons. The van der Waals surface area contributed by atoms with E-state index in [1.54, 1.807) is 0 Å². The highest BCUT2D eigenvalue weighted by atomic mass is 16.6. The molecular formula is C10H18O5. The number of ether oxygens (including phenoxy) is 2. The Hall–Kier alpha value is -1.23. The smallest absolute Gasteiger partial charge is 0.305 e. The zero-order chi connectivity index (χ0) is 11.7. The van der Waals surface area contributed by atoms with E-state index >= 15 is 0 Å². The van der Waals surface area contributed by atoms with Crippen LogP contribution in [0.1, 0.15) is 19.3 Å².